The molecule has 4 N–H and O–H groups in total. The van der Waals surface area contributed by atoms with Crippen molar-refractivity contribution >= 4 is 23.2 Å². The Hall–Kier alpha value is -2.68. The summed E-state index contributed by atoms with van der Waals surface area (Å²) in [6, 6.07) is 4.02. The van der Waals surface area contributed by atoms with E-state index < -0.39 is 22.4 Å². The van der Waals surface area contributed by atoms with Crippen molar-refractivity contribution in [2.45, 2.75) is 0 Å². The van der Waals surface area contributed by atoms with Gasteiger partial charge in [-0.2, -0.15) is 0 Å². The number of anilines is 1. The lowest BCUT2D eigenvalue weighted by Gasteiger charge is -2.07. The molecule has 0 saturated carbocycles. The number of methoxy groups -OCH3 is 1. The molecule has 9 nitrogen and oxygen atoms in total. The number of ether oxygens (including phenoxy) is 1. The van der Waals surface area contributed by atoms with Crippen LogP contribution in [0.3, 0.4) is 0 Å². The molecule has 1 aromatic rings. The summed E-state index contributed by atoms with van der Waals surface area (Å²) in [5, 5.41) is 15.7. The van der Waals surface area contributed by atoms with Crippen LogP contribution in [0.1, 0.15) is 10.4 Å². The number of hydrogen-bond acceptors (Lipinski definition) is 6. The number of para-hydroxylation sites is 1. The van der Waals surface area contributed by atoms with Gasteiger partial charge in [-0.05, 0) is 12.1 Å². The van der Waals surface area contributed by atoms with E-state index >= 15 is 0 Å². The number of nitrogen functional groups attached to an aromatic ring is 1. The molecule has 0 aliphatic heterocycles. The number of rotatable bonds is 7. The topological polar surface area (TPSA) is 137 Å². The lowest BCUT2D eigenvalue weighted by atomic mass is 10.1. The van der Waals surface area contributed by atoms with Crippen LogP contribution in [0.2, 0.25) is 0 Å². The number of nitro groups is 1. The number of carbonyl (C=O) groups excluding carboxylic acids is 2. The fourth-order valence-electron chi connectivity index (χ4n) is 1.56. The highest BCUT2D eigenvalue weighted by atomic mass is 16.6. The van der Waals surface area contributed by atoms with Crippen LogP contribution in [-0.4, -0.2) is 43.5 Å². The Balaban J connectivity index is 2.67. The molecule has 0 heterocycles. The van der Waals surface area contributed by atoms with Crippen molar-refractivity contribution in [3.63, 3.8) is 0 Å². The molecular formula is C12H16N4O5. The Kier molecular flexibility index (Phi) is 6.08. The van der Waals surface area contributed by atoms with E-state index in [1.807, 2.05) is 0 Å². The predicted octanol–water partition coefficient (Wildman–Crippen LogP) is -0.331. The highest BCUT2D eigenvalue weighted by Gasteiger charge is 2.23. The maximum Gasteiger partial charge on any atom is 0.304 e. The molecule has 1 rings (SSSR count). The monoisotopic (exact) mass is 296 g/mol. The fraction of sp³-hybridized carbons (Fsp3) is 0.333. The number of nitrogens with two attached hydrogens (primary N) is 1. The third kappa shape index (κ3) is 4.73. The van der Waals surface area contributed by atoms with Gasteiger partial charge < -0.3 is 21.1 Å². The molecule has 0 fully saturated rings. The van der Waals surface area contributed by atoms with Gasteiger partial charge in [0, 0.05) is 13.7 Å². The van der Waals surface area contributed by atoms with E-state index in [1.165, 1.54) is 25.3 Å². The minimum Gasteiger partial charge on any atom is -0.393 e. The zero-order chi connectivity index (χ0) is 15.8. The van der Waals surface area contributed by atoms with E-state index in [-0.39, 0.29) is 17.8 Å². The SMILES string of the molecule is COCCNC(=O)CNC(=O)c1cccc(N)c1[N+](=O)[O-]. The zero-order valence-electron chi connectivity index (χ0n) is 11.4. The largest absolute Gasteiger partial charge is 0.393 e. The normalized spacial score (nSPS) is 9.95. The van der Waals surface area contributed by atoms with Gasteiger partial charge in [0.2, 0.25) is 5.91 Å². The molecule has 21 heavy (non-hydrogen) atoms. The minimum absolute atomic E-state index is 0.114. The van der Waals surface area contributed by atoms with Crippen LogP contribution in [0.25, 0.3) is 0 Å². The van der Waals surface area contributed by atoms with Gasteiger partial charge in [-0.25, -0.2) is 0 Å². The third-order valence-corrected chi connectivity index (χ3v) is 2.53. The van der Waals surface area contributed by atoms with E-state index in [1.54, 1.807) is 0 Å². The van der Waals surface area contributed by atoms with Crippen LogP contribution in [0.4, 0.5) is 11.4 Å². The Morgan fingerprint density at radius 3 is 2.71 bits per heavy atom. The molecule has 0 aliphatic carbocycles. The lowest BCUT2D eigenvalue weighted by molar-refractivity contribution is -0.384. The minimum atomic E-state index is -0.740. The number of benzene rings is 1. The predicted molar refractivity (Wildman–Crippen MR) is 74.7 cm³/mol. The van der Waals surface area contributed by atoms with Crippen LogP contribution >= 0.6 is 0 Å². The van der Waals surface area contributed by atoms with Gasteiger partial charge in [-0.3, -0.25) is 19.7 Å². The van der Waals surface area contributed by atoms with Gasteiger partial charge in [0.25, 0.3) is 5.91 Å². The third-order valence-electron chi connectivity index (χ3n) is 2.53. The fourth-order valence-corrected chi connectivity index (χ4v) is 1.56. The molecule has 2 amide bonds. The van der Waals surface area contributed by atoms with E-state index in [9.17, 15) is 19.7 Å². The second-order valence-electron chi connectivity index (χ2n) is 4.03. The lowest BCUT2D eigenvalue weighted by Crippen LogP contribution is -2.38. The van der Waals surface area contributed by atoms with Gasteiger partial charge in [-0.15, -0.1) is 0 Å². The first-order chi connectivity index (χ1) is 9.97. The molecule has 0 aliphatic rings. The van der Waals surface area contributed by atoms with Gasteiger partial charge in [0.05, 0.1) is 18.1 Å². The van der Waals surface area contributed by atoms with Crippen molar-refractivity contribution in [2.75, 3.05) is 32.5 Å². The molecule has 0 atom stereocenters. The first kappa shape index (κ1) is 16.4. The summed E-state index contributed by atoms with van der Waals surface area (Å²) in [6.07, 6.45) is 0. The van der Waals surface area contributed by atoms with Crippen molar-refractivity contribution < 1.29 is 19.2 Å². The van der Waals surface area contributed by atoms with Crippen LogP contribution in [-0.2, 0) is 9.53 Å². The second kappa shape index (κ2) is 7.80. The van der Waals surface area contributed by atoms with Crippen LogP contribution in [0.15, 0.2) is 18.2 Å². The summed E-state index contributed by atoms with van der Waals surface area (Å²) in [5.41, 5.74) is 4.70. The zero-order valence-corrected chi connectivity index (χ0v) is 11.4. The van der Waals surface area contributed by atoms with Crippen molar-refractivity contribution in [2.24, 2.45) is 0 Å². The molecule has 0 aromatic heterocycles. The summed E-state index contributed by atoms with van der Waals surface area (Å²) in [4.78, 5) is 33.5. The summed E-state index contributed by atoms with van der Waals surface area (Å²) < 4.78 is 4.75. The van der Waals surface area contributed by atoms with Crippen molar-refractivity contribution in [1.82, 2.24) is 10.6 Å². The smallest absolute Gasteiger partial charge is 0.304 e. The Morgan fingerprint density at radius 1 is 1.38 bits per heavy atom. The summed E-state index contributed by atoms with van der Waals surface area (Å²) in [6.45, 7) is 0.360. The number of hydrogen-bond donors (Lipinski definition) is 3. The Morgan fingerprint density at radius 2 is 2.10 bits per heavy atom. The highest BCUT2D eigenvalue weighted by molar-refractivity contribution is 6.01. The van der Waals surface area contributed by atoms with Gasteiger partial charge in [0.15, 0.2) is 0 Å². The molecule has 0 unspecified atom stereocenters. The summed E-state index contributed by atoms with van der Waals surface area (Å²) >= 11 is 0. The molecule has 114 valence electrons. The number of nitrogens with zero attached hydrogens (tertiary/aromatic N) is 1. The molecule has 9 heteroatoms. The standard InChI is InChI=1S/C12H16N4O5/c1-21-6-5-14-10(17)7-15-12(18)8-3-2-4-9(13)11(8)16(19)20/h2-4H,5-7,13H2,1H3,(H,14,17)(H,15,18). The van der Waals surface area contributed by atoms with E-state index in [2.05, 4.69) is 10.6 Å². The molecular weight excluding hydrogens is 280 g/mol. The van der Waals surface area contributed by atoms with Gasteiger partial charge in [-0.1, -0.05) is 6.07 Å². The molecule has 0 saturated heterocycles. The first-order valence-corrected chi connectivity index (χ1v) is 6.04. The molecule has 0 radical (unpaired) electrons. The summed E-state index contributed by atoms with van der Waals surface area (Å²) in [7, 11) is 1.49. The molecule has 0 spiro atoms. The number of carbonyl (C=O) groups is 2. The van der Waals surface area contributed by atoms with E-state index in [4.69, 9.17) is 10.5 Å². The first-order valence-electron chi connectivity index (χ1n) is 6.04. The van der Waals surface area contributed by atoms with Crippen molar-refractivity contribution in [3.8, 4) is 0 Å². The van der Waals surface area contributed by atoms with Crippen LogP contribution in [0.5, 0.6) is 0 Å². The summed E-state index contributed by atoms with van der Waals surface area (Å²) in [5.74, 6) is -1.16. The maximum atomic E-state index is 11.9. The quantitative estimate of drug-likeness (QED) is 0.273. The average Bonchev–Trinajstić information content (AvgIpc) is 2.44. The van der Waals surface area contributed by atoms with Crippen molar-refractivity contribution in [3.05, 3.63) is 33.9 Å². The maximum absolute atomic E-state index is 11.9. The van der Waals surface area contributed by atoms with Crippen LogP contribution < -0.4 is 16.4 Å². The number of nitrogens with one attached hydrogen (secondary N) is 2. The highest BCUT2D eigenvalue weighted by Crippen LogP contribution is 2.25. The van der Waals surface area contributed by atoms with Crippen molar-refractivity contribution in [1.29, 1.82) is 0 Å². The Bertz CT molecular complexity index is 546. The molecule has 1 aromatic carbocycles. The second-order valence-corrected chi connectivity index (χ2v) is 4.03. The van der Waals surface area contributed by atoms with E-state index in [0.717, 1.165) is 0 Å². The number of amides is 2. The van der Waals surface area contributed by atoms with Crippen LogP contribution in [0, 0.1) is 10.1 Å². The average molecular weight is 296 g/mol. The van der Waals surface area contributed by atoms with Gasteiger partial charge >= 0.3 is 5.69 Å². The van der Waals surface area contributed by atoms with Gasteiger partial charge in [0.1, 0.15) is 11.3 Å². The van der Waals surface area contributed by atoms with E-state index in [0.29, 0.717) is 13.2 Å². The Labute approximate surface area is 120 Å². The molecule has 0 bridgehead atoms. The number of nitro benzene ring substituents is 1.